The molecule has 0 radical (unpaired) electrons. The van der Waals surface area contributed by atoms with E-state index in [1.54, 1.807) is 0 Å². The molecule has 1 heterocycles. The van der Waals surface area contributed by atoms with E-state index in [4.69, 9.17) is 4.74 Å². The molecule has 0 amide bonds. The van der Waals surface area contributed by atoms with Crippen LogP contribution < -0.4 is 11.2 Å². The molecule has 0 fully saturated rings. The minimum Gasteiger partial charge on any atom is -0.459 e. The Balaban J connectivity index is 1.73. The van der Waals surface area contributed by atoms with Gasteiger partial charge in [-0.05, 0) is 11.1 Å². The number of carbonyl (C=O) groups is 1. The van der Waals surface area contributed by atoms with Gasteiger partial charge in [0.1, 0.15) is 13.2 Å². The van der Waals surface area contributed by atoms with Crippen molar-refractivity contribution in [3.05, 3.63) is 105 Å². The van der Waals surface area contributed by atoms with Crippen LogP contribution in [0.15, 0.2) is 82.5 Å². The van der Waals surface area contributed by atoms with Gasteiger partial charge in [-0.3, -0.25) is 14.2 Å². The molecule has 0 unspecified atom stereocenters. The Kier molecular flexibility index (Phi) is 5.43. The van der Waals surface area contributed by atoms with E-state index < -0.39 is 23.8 Å². The Morgan fingerprint density at radius 3 is 2.12 bits per heavy atom. The maximum atomic E-state index is 12.5. The number of nitrogens with zero attached hydrogens (tertiary/aromatic N) is 2. The van der Waals surface area contributed by atoms with E-state index in [-0.39, 0.29) is 6.61 Å². The highest BCUT2D eigenvalue weighted by molar-refractivity contribution is 5.69. The molecular formula is C20H18N2O4. The monoisotopic (exact) mass is 350 g/mol. The molecule has 0 spiro atoms. The van der Waals surface area contributed by atoms with E-state index in [1.807, 2.05) is 60.7 Å². The summed E-state index contributed by atoms with van der Waals surface area (Å²) in [5, 5.41) is 0. The molecule has 132 valence electrons. The zero-order valence-electron chi connectivity index (χ0n) is 14.1. The molecular weight excluding hydrogens is 332 g/mol. The van der Waals surface area contributed by atoms with Crippen molar-refractivity contribution in [1.29, 1.82) is 0 Å². The Bertz CT molecular complexity index is 992. The van der Waals surface area contributed by atoms with Crippen LogP contribution in [0.4, 0.5) is 0 Å². The molecule has 0 saturated carbocycles. The first-order chi connectivity index (χ1) is 12.6. The van der Waals surface area contributed by atoms with Crippen LogP contribution in [0.2, 0.25) is 0 Å². The first-order valence-corrected chi connectivity index (χ1v) is 8.17. The Morgan fingerprint density at radius 1 is 0.846 bits per heavy atom. The highest BCUT2D eigenvalue weighted by Crippen LogP contribution is 2.01. The first kappa shape index (κ1) is 17.4. The van der Waals surface area contributed by atoms with E-state index in [1.165, 1.54) is 16.8 Å². The molecule has 6 heteroatoms. The van der Waals surface area contributed by atoms with Crippen molar-refractivity contribution < 1.29 is 9.53 Å². The lowest BCUT2D eigenvalue weighted by Gasteiger charge is -2.10. The summed E-state index contributed by atoms with van der Waals surface area (Å²) in [4.78, 5) is 36.5. The molecule has 0 aliphatic rings. The van der Waals surface area contributed by atoms with E-state index in [9.17, 15) is 14.4 Å². The van der Waals surface area contributed by atoms with Crippen LogP contribution in [0.5, 0.6) is 0 Å². The van der Waals surface area contributed by atoms with Crippen molar-refractivity contribution in [2.24, 2.45) is 0 Å². The van der Waals surface area contributed by atoms with Gasteiger partial charge in [0.2, 0.25) is 0 Å². The summed E-state index contributed by atoms with van der Waals surface area (Å²) >= 11 is 0. The Hall–Kier alpha value is -3.41. The molecule has 0 bridgehead atoms. The number of benzene rings is 2. The largest absolute Gasteiger partial charge is 0.459 e. The molecule has 3 aromatic rings. The zero-order valence-corrected chi connectivity index (χ0v) is 14.1. The lowest BCUT2D eigenvalue weighted by atomic mass is 10.2. The molecule has 2 aromatic carbocycles. The second kappa shape index (κ2) is 8.11. The van der Waals surface area contributed by atoms with Crippen molar-refractivity contribution in [2.45, 2.75) is 19.7 Å². The van der Waals surface area contributed by atoms with Gasteiger partial charge in [0.15, 0.2) is 0 Å². The smallest absolute Gasteiger partial charge is 0.331 e. The van der Waals surface area contributed by atoms with E-state index in [0.29, 0.717) is 6.54 Å². The third-order valence-electron chi connectivity index (χ3n) is 3.87. The van der Waals surface area contributed by atoms with Gasteiger partial charge in [0, 0.05) is 12.3 Å². The third kappa shape index (κ3) is 4.36. The van der Waals surface area contributed by atoms with Crippen molar-refractivity contribution in [3.63, 3.8) is 0 Å². The summed E-state index contributed by atoms with van der Waals surface area (Å²) in [7, 11) is 0. The number of carbonyl (C=O) groups excluding carboxylic acids is 1. The summed E-state index contributed by atoms with van der Waals surface area (Å²) in [6, 6.07) is 19.9. The molecule has 0 aliphatic carbocycles. The molecule has 3 rings (SSSR count). The number of hydrogen-bond donors (Lipinski definition) is 0. The molecule has 0 atom stereocenters. The number of ether oxygens (including phenoxy) is 1. The van der Waals surface area contributed by atoms with Gasteiger partial charge in [0.05, 0.1) is 6.54 Å². The lowest BCUT2D eigenvalue weighted by molar-refractivity contribution is -0.145. The number of hydrogen-bond acceptors (Lipinski definition) is 4. The molecule has 1 aromatic heterocycles. The van der Waals surface area contributed by atoms with Crippen LogP contribution >= 0.6 is 0 Å². The van der Waals surface area contributed by atoms with Crippen LogP contribution in [0.1, 0.15) is 11.1 Å². The highest BCUT2D eigenvalue weighted by atomic mass is 16.5. The standard InChI is InChI=1S/C20H18N2O4/c23-18-11-12-21(13-16-7-3-1-4-8-16)20(25)22(18)14-19(24)26-15-17-9-5-2-6-10-17/h1-12H,13-15H2. The van der Waals surface area contributed by atoms with Gasteiger partial charge >= 0.3 is 11.7 Å². The van der Waals surface area contributed by atoms with E-state index in [2.05, 4.69) is 0 Å². The Labute approximate surface area is 149 Å². The molecule has 0 N–H and O–H groups in total. The molecule has 6 nitrogen and oxygen atoms in total. The fourth-order valence-electron chi connectivity index (χ4n) is 2.52. The molecule has 0 aliphatic heterocycles. The summed E-state index contributed by atoms with van der Waals surface area (Å²) < 4.78 is 7.43. The lowest BCUT2D eigenvalue weighted by Crippen LogP contribution is -2.41. The molecule has 0 saturated heterocycles. The summed E-state index contributed by atoms with van der Waals surface area (Å²) in [5.41, 5.74) is 0.684. The van der Waals surface area contributed by atoms with Crippen LogP contribution in [0.25, 0.3) is 0 Å². The quantitative estimate of drug-likeness (QED) is 0.636. The van der Waals surface area contributed by atoms with Gasteiger partial charge in [0.25, 0.3) is 5.56 Å². The SMILES string of the molecule is O=C(Cn1c(=O)ccn(Cc2ccccc2)c1=O)OCc1ccccc1. The minimum absolute atomic E-state index is 0.0967. The van der Waals surface area contributed by atoms with Crippen LogP contribution in [0.3, 0.4) is 0 Å². The second-order valence-corrected chi connectivity index (χ2v) is 5.78. The number of aromatic nitrogens is 2. The predicted molar refractivity (Wildman–Crippen MR) is 96.7 cm³/mol. The maximum Gasteiger partial charge on any atom is 0.331 e. The molecule has 26 heavy (non-hydrogen) atoms. The van der Waals surface area contributed by atoms with Gasteiger partial charge in [-0.2, -0.15) is 0 Å². The summed E-state index contributed by atoms with van der Waals surface area (Å²) in [6.07, 6.45) is 1.43. The fourth-order valence-corrected chi connectivity index (χ4v) is 2.52. The zero-order chi connectivity index (χ0) is 18.4. The van der Waals surface area contributed by atoms with Gasteiger partial charge in [-0.15, -0.1) is 0 Å². The average molecular weight is 350 g/mol. The third-order valence-corrected chi connectivity index (χ3v) is 3.87. The van der Waals surface area contributed by atoms with Crippen molar-refractivity contribution in [1.82, 2.24) is 9.13 Å². The summed E-state index contributed by atoms with van der Waals surface area (Å²) in [6.45, 7) is -0.00138. The van der Waals surface area contributed by atoms with Crippen LogP contribution in [-0.4, -0.2) is 15.1 Å². The highest BCUT2D eigenvalue weighted by Gasteiger charge is 2.11. The van der Waals surface area contributed by atoms with Gasteiger partial charge < -0.3 is 4.74 Å². The van der Waals surface area contributed by atoms with Gasteiger partial charge in [-0.1, -0.05) is 60.7 Å². The first-order valence-electron chi connectivity index (χ1n) is 8.17. The second-order valence-electron chi connectivity index (χ2n) is 5.78. The Morgan fingerprint density at radius 2 is 1.46 bits per heavy atom. The maximum absolute atomic E-state index is 12.5. The van der Waals surface area contributed by atoms with Crippen LogP contribution in [0, 0.1) is 0 Å². The van der Waals surface area contributed by atoms with Crippen molar-refractivity contribution >= 4 is 5.97 Å². The van der Waals surface area contributed by atoms with Crippen molar-refractivity contribution in [3.8, 4) is 0 Å². The van der Waals surface area contributed by atoms with E-state index in [0.717, 1.165) is 15.7 Å². The van der Waals surface area contributed by atoms with Crippen LogP contribution in [-0.2, 0) is 29.2 Å². The normalized spacial score (nSPS) is 10.5. The number of rotatable bonds is 6. The summed E-state index contributed by atoms with van der Waals surface area (Å²) in [5.74, 6) is -0.634. The topological polar surface area (TPSA) is 70.3 Å². The van der Waals surface area contributed by atoms with E-state index >= 15 is 0 Å². The predicted octanol–water partition coefficient (Wildman–Crippen LogP) is 1.80. The fraction of sp³-hybridized carbons (Fsp3) is 0.150. The minimum atomic E-state index is -0.634. The van der Waals surface area contributed by atoms with Crippen molar-refractivity contribution in [2.75, 3.05) is 0 Å². The average Bonchev–Trinajstić information content (AvgIpc) is 2.67. The van der Waals surface area contributed by atoms with Gasteiger partial charge in [-0.25, -0.2) is 9.36 Å². The number of esters is 1.